The molecule has 0 spiro atoms. The summed E-state index contributed by atoms with van der Waals surface area (Å²) in [5, 5.41) is 26.0. The van der Waals surface area contributed by atoms with Crippen LogP contribution in [-0.2, 0) is 11.8 Å². The molecular weight excluding hydrogens is 226 g/mol. The van der Waals surface area contributed by atoms with E-state index in [9.17, 15) is 9.90 Å². The lowest BCUT2D eigenvalue weighted by molar-refractivity contribution is -0.0462. The predicted octanol–water partition coefficient (Wildman–Crippen LogP) is -1.69. The molecule has 0 aliphatic carbocycles. The van der Waals surface area contributed by atoms with Gasteiger partial charge in [-0.3, -0.25) is 14.5 Å². The van der Waals surface area contributed by atoms with Crippen LogP contribution in [0.5, 0.6) is 0 Å². The molecule has 1 saturated heterocycles. The Kier molecular flexibility index (Phi) is 3.14. The second kappa shape index (κ2) is 4.44. The van der Waals surface area contributed by atoms with E-state index in [0.717, 1.165) is 0 Å². The van der Waals surface area contributed by atoms with E-state index in [1.54, 1.807) is 0 Å². The summed E-state index contributed by atoms with van der Waals surface area (Å²) < 4.78 is 7.87. The molecule has 1 aromatic heterocycles. The Morgan fingerprint density at radius 1 is 1.65 bits per heavy atom. The van der Waals surface area contributed by atoms with Gasteiger partial charge < -0.3 is 14.9 Å². The molecular formula is C10H15N3O4. The van der Waals surface area contributed by atoms with Crippen molar-refractivity contribution in [3.8, 4) is 0 Å². The third-order valence-electron chi connectivity index (χ3n) is 2.96. The number of aromatic nitrogens is 2. The fourth-order valence-corrected chi connectivity index (χ4v) is 1.87. The molecule has 1 fully saturated rings. The number of nitrogens with zero attached hydrogens (tertiary/aromatic N) is 2. The number of rotatable bonds is 2. The predicted molar refractivity (Wildman–Crippen MR) is 57.1 cm³/mol. The molecule has 1 aromatic rings. The van der Waals surface area contributed by atoms with Gasteiger partial charge in [0.05, 0.1) is 12.7 Å². The summed E-state index contributed by atoms with van der Waals surface area (Å²) >= 11 is 0. The van der Waals surface area contributed by atoms with E-state index in [-0.39, 0.29) is 24.2 Å². The van der Waals surface area contributed by atoms with E-state index in [0.29, 0.717) is 0 Å². The third kappa shape index (κ3) is 2.04. The van der Waals surface area contributed by atoms with Crippen molar-refractivity contribution in [2.24, 2.45) is 7.05 Å². The van der Waals surface area contributed by atoms with E-state index in [1.165, 1.54) is 28.4 Å². The van der Waals surface area contributed by atoms with Crippen molar-refractivity contribution >= 4 is 0 Å². The lowest BCUT2D eigenvalue weighted by Gasteiger charge is -2.15. The fraction of sp³-hybridized carbons (Fsp3) is 0.600. The molecule has 1 aliphatic heterocycles. The lowest BCUT2D eigenvalue weighted by Crippen LogP contribution is -2.38. The number of hydrogen-bond donors (Lipinski definition) is 3. The molecule has 0 radical (unpaired) electrons. The van der Waals surface area contributed by atoms with Crippen molar-refractivity contribution in [2.45, 2.75) is 24.9 Å². The first-order chi connectivity index (χ1) is 8.04. The molecule has 94 valence electrons. The van der Waals surface area contributed by atoms with Gasteiger partial charge in [0.2, 0.25) is 0 Å². The summed E-state index contributed by atoms with van der Waals surface area (Å²) in [5.74, 6) is 0. The van der Waals surface area contributed by atoms with E-state index >= 15 is 0 Å². The lowest BCUT2D eigenvalue weighted by atomic mass is 10.2. The van der Waals surface area contributed by atoms with Crippen molar-refractivity contribution in [3.05, 3.63) is 28.2 Å². The van der Waals surface area contributed by atoms with Gasteiger partial charge in [-0.05, 0) is 6.07 Å². The summed E-state index contributed by atoms with van der Waals surface area (Å²) in [5.41, 5.74) is -0.281. The number of aliphatic hydroxyl groups is 2. The molecule has 2 heterocycles. The highest BCUT2D eigenvalue weighted by Crippen LogP contribution is 2.26. The normalized spacial score (nSPS) is 28.5. The second-order valence-electron chi connectivity index (χ2n) is 4.06. The largest absolute Gasteiger partial charge is 0.394 e. The summed E-state index contributed by atoms with van der Waals surface area (Å²) in [6, 6.07) is 1.48. The zero-order valence-electron chi connectivity index (χ0n) is 9.41. The maximum absolute atomic E-state index is 11.9. The van der Waals surface area contributed by atoms with Gasteiger partial charge >= 0.3 is 5.69 Å². The van der Waals surface area contributed by atoms with Gasteiger partial charge in [0, 0.05) is 19.7 Å². The Morgan fingerprint density at radius 2 is 2.35 bits per heavy atom. The highest BCUT2D eigenvalue weighted by atomic mass is 16.5. The van der Waals surface area contributed by atoms with Gasteiger partial charge in [0.15, 0.2) is 0 Å². The topological polar surface area (TPSA) is 100 Å². The first kappa shape index (κ1) is 12.0. The number of ether oxygens (including phenoxy) is 1. The van der Waals surface area contributed by atoms with Crippen LogP contribution in [0, 0.1) is 5.41 Å². The minimum atomic E-state index is -0.780. The molecule has 0 aromatic carbocycles. The summed E-state index contributed by atoms with van der Waals surface area (Å²) in [7, 11) is 1.50. The summed E-state index contributed by atoms with van der Waals surface area (Å²) in [6.07, 6.45) is -0.322. The van der Waals surface area contributed by atoms with Crippen LogP contribution in [0.3, 0.4) is 0 Å². The molecule has 0 bridgehead atoms. The Morgan fingerprint density at radius 3 is 2.94 bits per heavy atom. The smallest absolute Gasteiger partial charge is 0.331 e. The van der Waals surface area contributed by atoms with Crippen LogP contribution in [0.25, 0.3) is 0 Å². The Labute approximate surface area is 97.0 Å². The average Bonchev–Trinajstić information content (AvgIpc) is 2.67. The second-order valence-corrected chi connectivity index (χ2v) is 4.06. The van der Waals surface area contributed by atoms with Crippen LogP contribution < -0.4 is 11.2 Å². The number of aliphatic hydroxyl groups excluding tert-OH is 2. The molecule has 3 N–H and O–H groups in total. The van der Waals surface area contributed by atoms with Gasteiger partial charge in [-0.2, -0.15) is 0 Å². The monoisotopic (exact) mass is 241 g/mol. The van der Waals surface area contributed by atoms with Crippen molar-refractivity contribution in [1.82, 2.24) is 9.13 Å². The summed E-state index contributed by atoms with van der Waals surface area (Å²) in [6.45, 7) is -0.283. The zero-order chi connectivity index (χ0) is 12.6. The Hall–Kier alpha value is -1.44. The van der Waals surface area contributed by atoms with Crippen molar-refractivity contribution in [3.63, 3.8) is 0 Å². The van der Waals surface area contributed by atoms with E-state index in [4.69, 9.17) is 15.3 Å². The van der Waals surface area contributed by atoms with Gasteiger partial charge in [-0.1, -0.05) is 0 Å². The fourth-order valence-electron chi connectivity index (χ4n) is 1.87. The van der Waals surface area contributed by atoms with Gasteiger partial charge in [0.1, 0.15) is 17.8 Å². The van der Waals surface area contributed by atoms with Crippen LogP contribution in [0.2, 0.25) is 0 Å². The first-order valence-corrected chi connectivity index (χ1v) is 5.31. The number of nitrogens with one attached hydrogen (secondary N) is 1. The highest BCUT2D eigenvalue weighted by molar-refractivity contribution is 4.88. The maximum atomic E-state index is 11.9. The van der Waals surface area contributed by atoms with E-state index < -0.39 is 18.4 Å². The van der Waals surface area contributed by atoms with E-state index in [1.807, 2.05) is 0 Å². The van der Waals surface area contributed by atoms with Crippen molar-refractivity contribution in [2.75, 3.05) is 6.61 Å². The minimum Gasteiger partial charge on any atom is -0.394 e. The van der Waals surface area contributed by atoms with Gasteiger partial charge in [-0.25, -0.2) is 4.79 Å². The average molecular weight is 241 g/mol. The van der Waals surface area contributed by atoms with Crippen molar-refractivity contribution in [1.29, 1.82) is 5.41 Å². The highest BCUT2D eigenvalue weighted by Gasteiger charge is 2.34. The van der Waals surface area contributed by atoms with Crippen LogP contribution in [-0.4, -0.2) is 38.2 Å². The molecule has 0 amide bonds. The maximum Gasteiger partial charge on any atom is 0.331 e. The standard InChI is InChI=1S/C10H15N3O4/c1-12-8(11)2-3-13(10(12)16)9-4-6(15)7(5-14)17-9/h2-3,6-7,9,11,14-15H,4-5H2,1H3. The van der Waals surface area contributed by atoms with E-state index in [2.05, 4.69) is 0 Å². The molecule has 7 nitrogen and oxygen atoms in total. The van der Waals surface area contributed by atoms with Crippen LogP contribution in [0.4, 0.5) is 0 Å². The molecule has 3 unspecified atom stereocenters. The van der Waals surface area contributed by atoms with Gasteiger partial charge in [-0.15, -0.1) is 0 Å². The molecule has 1 aliphatic rings. The molecule has 7 heteroatoms. The van der Waals surface area contributed by atoms with Gasteiger partial charge in [0.25, 0.3) is 0 Å². The molecule has 17 heavy (non-hydrogen) atoms. The Bertz CT molecular complexity index is 521. The Balaban J connectivity index is 2.34. The number of hydrogen-bond acceptors (Lipinski definition) is 5. The minimum absolute atomic E-state index is 0.100. The zero-order valence-corrected chi connectivity index (χ0v) is 9.41. The van der Waals surface area contributed by atoms with Crippen LogP contribution in [0.15, 0.2) is 17.1 Å². The SMILES string of the molecule is Cn1c(=N)ccn(C2CC(O)C(CO)O2)c1=O. The molecule has 3 atom stereocenters. The molecule has 2 rings (SSSR count). The summed E-state index contributed by atoms with van der Waals surface area (Å²) in [4.78, 5) is 11.9. The van der Waals surface area contributed by atoms with Crippen LogP contribution >= 0.6 is 0 Å². The first-order valence-electron chi connectivity index (χ1n) is 5.31. The quantitative estimate of drug-likeness (QED) is 0.575. The molecule has 0 saturated carbocycles. The third-order valence-corrected chi connectivity index (χ3v) is 2.96. The van der Waals surface area contributed by atoms with Crippen LogP contribution in [0.1, 0.15) is 12.6 Å². The van der Waals surface area contributed by atoms with Crippen molar-refractivity contribution < 1.29 is 14.9 Å².